The third kappa shape index (κ3) is 3.62. The van der Waals surface area contributed by atoms with Crippen LogP contribution < -0.4 is 5.32 Å². The zero-order valence-corrected chi connectivity index (χ0v) is 12.7. The second-order valence-corrected chi connectivity index (χ2v) is 6.29. The molecule has 112 valence electrons. The number of furan rings is 1. The Morgan fingerprint density at radius 1 is 1.40 bits per heavy atom. The number of nitrogens with one attached hydrogen (secondary N) is 1. The van der Waals surface area contributed by atoms with Crippen molar-refractivity contribution in [2.75, 3.05) is 26.8 Å². The average molecular weight is 278 g/mol. The standard InChI is InChI=1S/C16H26N2O2/c1-12-14(8-17-15-3-4-15)7-16(20-12)10-18-6-5-13(9-18)11-19-2/h7,13,15,17H,3-6,8-11H2,1-2H3. The lowest BCUT2D eigenvalue weighted by Gasteiger charge is -2.13. The van der Waals surface area contributed by atoms with Crippen LogP contribution in [0.15, 0.2) is 10.5 Å². The molecule has 1 N–H and O–H groups in total. The van der Waals surface area contributed by atoms with Crippen molar-refractivity contribution >= 4 is 0 Å². The molecule has 4 heteroatoms. The van der Waals surface area contributed by atoms with Crippen LogP contribution >= 0.6 is 0 Å². The molecule has 2 aliphatic rings. The van der Waals surface area contributed by atoms with E-state index in [9.17, 15) is 0 Å². The molecule has 0 spiro atoms. The Morgan fingerprint density at radius 3 is 3.00 bits per heavy atom. The van der Waals surface area contributed by atoms with E-state index in [1.807, 2.05) is 0 Å². The predicted molar refractivity (Wildman–Crippen MR) is 78.6 cm³/mol. The number of ether oxygens (including phenoxy) is 1. The summed E-state index contributed by atoms with van der Waals surface area (Å²) >= 11 is 0. The largest absolute Gasteiger partial charge is 0.465 e. The van der Waals surface area contributed by atoms with E-state index in [0.717, 1.165) is 50.3 Å². The molecule has 20 heavy (non-hydrogen) atoms. The van der Waals surface area contributed by atoms with Crippen molar-refractivity contribution in [1.29, 1.82) is 0 Å². The maximum atomic E-state index is 5.91. The van der Waals surface area contributed by atoms with Gasteiger partial charge in [-0.2, -0.15) is 0 Å². The van der Waals surface area contributed by atoms with Gasteiger partial charge in [-0.1, -0.05) is 0 Å². The van der Waals surface area contributed by atoms with E-state index < -0.39 is 0 Å². The topological polar surface area (TPSA) is 37.6 Å². The minimum Gasteiger partial charge on any atom is -0.465 e. The van der Waals surface area contributed by atoms with Gasteiger partial charge in [-0.15, -0.1) is 0 Å². The van der Waals surface area contributed by atoms with Gasteiger partial charge in [0.05, 0.1) is 13.2 Å². The zero-order valence-electron chi connectivity index (χ0n) is 12.7. The van der Waals surface area contributed by atoms with Gasteiger partial charge in [0, 0.05) is 31.8 Å². The fourth-order valence-electron chi connectivity index (χ4n) is 3.03. The Morgan fingerprint density at radius 2 is 2.25 bits per heavy atom. The lowest BCUT2D eigenvalue weighted by atomic mass is 10.1. The van der Waals surface area contributed by atoms with Crippen LogP contribution in [0.1, 0.15) is 36.3 Å². The second-order valence-electron chi connectivity index (χ2n) is 6.29. The number of methoxy groups -OCH3 is 1. The summed E-state index contributed by atoms with van der Waals surface area (Å²) < 4.78 is 11.2. The lowest BCUT2D eigenvalue weighted by Crippen LogP contribution is -2.21. The highest BCUT2D eigenvalue weighted by Gasteiger charge is 2.24. The average Bonchev–Trinajstić information content (AvgIpc) is 3.05. The molecule has 0 aromatic carbocycles. The van der Waals surface area contributed by atoms with Crippen molar-refractivity contribution in [3.8, 4) is 0 Å². The van der Waals surface area contributed by atoms with Crippen LogP contribution in [0.3, 0.4) is 0 Å². The van der Waals surface area contributed by atoms with Crippen LogP contribution in [0.5, 0.6) is 0 Å². The quantitative estimate of drug-likeness (QED) is 0.830. The summed E-state index contributed by atoms with van der Waals surface area (Å²) in [5, 5.41) is 3.55. The number of likely N-dealkylation sites (tertiary alicyclic amines) is 1. The Balaban J connectivity index is 1.51. The van der Waals surface area contributed by atoms with Crippen molar-refractivity contribution in [2.24, 2.45) is 5.92 Å². The van der Waals surface area contributed by atoms with Crippen LogP contribution in [0.4, 0.5) is 0 Å². The molecule has 1 aliphatic heterocycles. The van der Waals surface area contributed by atoms with Gasteiger partial charge in [0.1, 0.15) is 11.5 Å². The number of rotatable bonds is 7. The molecule has 3 rings (SSSR count). The first kappa shape index (κ1) is 14.1. The Kier molecular flexibility index (Phi) is 4.44. The maximum absolute atomic E-state index is 5.91. The van der Waals surface area contributed by atoms with Crippen LogP contribution in [0.25, 0.3) is 0 Å². The molecular weight excluding hydrogens is 252 g/mol. The number of nitrogens with zero attached hydrogens (tertiary/aromatic N) is 1. The molecule has 1 saturated heterocycles. The van der Waals surface area contributed by atoms with Gasteiger partial charge < -0.3 is 14.5 Å². The Labute approximate surface area is 121 Å². The molecule has 0 bridgehead atoms. The summed E-state index contributed by atoms with van der Waals surface area (Å²) in [5.41, 5.74) is 1.32. The fourth-order valence-corrected chi connectivity index (χ4v) is 3.03. The highest BCUT2D eigenvalue weighted by molar-refractivity contribution is 5.21. The van der Waals surface area contributed by atoms with E-state index in [-0.39, 0.29) is 0 Å². The minimum atomic E-state index is 0.687. The van der Waals surface area contributed by atoms with Gasteiger partial charge in [-0.3, -0.25) is 4.90 Å². The summed E-state index contributed by atoms with van der Waals surface area (Å²) in [7, 11) is 1.79. The van der Waals surface area contributed by atoms with E-state index in [1.165, 1.54) is 24.8 Å². The van der Waals surface area contributed by atoms with E-state index in [2.05, 4.69) is 23.2 Å². The van der Waals surface area contributed by atoms with Crippen molar-refractivity contribution in [2.45, 2.75) is 45.3 Å². The molecule has 1 aromatic heterocycles. The molecule has 1 saturated carbocycles. The maximum Gasteiger partial charge on any atom is 0.118 e. The van der Waals surface area contributed by atoms with Crippen molar-refractivity contribution < 1.29 is 9.15 Å². The molecule has 1 aliphatic carbocycles. The Hall–Kier alpha value is -0.840. The summed E-state index contributed by atoms with van der Waals surface area (Å²) in [6.45, 7) is 7.12. The molecule has 1 atom stereocenters. The third-order valence-corrected chi connectivity index (χ3v) is 4.38. The normalized spacial score (nSPS) is 23.6. The third-order valence-electron chi connectivity index (χ3n) is 4.38. The van der Waals surface area contributed by atoms with Gasteiger partial charge in [0.15, 0.2) is 0 Å². The van der Waals surface area contributed by atoms with Crippen molar-refractivity contribution in [1.82, 2.24) is 10.2 Å². The minimum absolute atomic E-state index is 0.687. The Bertz CT molecular complexity index is 440. The first-order valence-corrected chi connectivity index (χ1v) is 7.77. The molecule has 1 unspecified atom stereocenters. The lowest BCUT2D eigenvalue weighted by molar-refractivity contribution is 0.151. The summed E-state index contributed by atoms with van der Waals surface area (Å²) in [6, 6.07) is 2.98. The van der Waals surface area contributed by atoms with Crippen LogP contribution in [0.2, 0.25) is 0 Å². The summed E-state index contributed by atoms with van der Waals surface area (Å²) in [6.07, 6.45) is 3.90. The first-order valence-electron chi connectivity index (χ1n) is 7.77. The van der Waals surface area contributed by atoms with Crippen LogP contribution in [0, 0.1) is 12.8 Å². The first-order chi connectivity index (χ1) is 9.74. The molecule has 2 fully saturated rings. The highest BCUT2D eigenvalue weighted by Crippen LogP contribution is 2.23. The van der Waals surface area contributed by atoms with E-state index >= 15 is 0 Å². The molecular formula is C16H26N2O2. The van der Waals surface area contributed by atoms with E-state index in [1.54, 1.807) is 7.11 Å². The van der Waals surface area contributed by atoms with Crippen molar-refractivity contribution in [3.63, 3.8) is 0 Å². The fraction of sp³-hybridized carbons (Fsp3) is 0.750. The van der Waals surface area contributed by atoms with Gasteiger partial charge in [-0.25, -0.2) is 0 Å². The highest BCUT2D eigenvalue weighted by atomic mass is 16.5. The smallest absolute Gasteiger partial charge is 0.118 e. The van der Waals surface area contributed by atoms with Crippen molar-refractivity contribution in [3.05, 3.63) is 23.2 Å². The van der Waals surface area contributed by atoms with Gasteiger partial charge in [0.25, 0.3) is 0 Å². The predicted octanol–water partition coefficient (Wildman–Crippen LogP) is 2.31. The van der Waals surface area contributed by atoms with Gasteiger partial charge in [0.2, 0.25) is 0 Å². The van der Waals surface area contributed by atoms with Crippen LogP contribution in [-0.4, -0.2) is 37.7 Å². The molecule has 0 radical (unpaired) electrons. The molecule has 1 aromatic rings. The van der Waals surface area contributed by atoms with E-state index in [0.29, 0.717) is 5.92 Å². The SMILES string of the molecule is COCC1CCN(Cc2cc(CNC3CC3)c(C)o2)C1. The molecule has 0 amide bonds. The van der Waals surface area contributed by atoms with Crippen LogP contribution in [-0.2, 0) is 17.8 Å². The van der Waals surface area contributed by atoms with E-state index in [4.69, 9.17) is 9.15 Å². The monoisotopic (exact) mass is 278 g/mol. The molecule has 2 heterocycles. The summed E-state index contributed by atoms with van der Waals surface area (Å²) in [5.74, 6) is 2.86. The second kappa shape index (κ2) is 6.29. The number of hydrogen-bond acceptors (Lipinski definition) is 4. The van der Waals surface area contributed by atoms with Gasteiger partial charge in [-0.05, 0) is 44.7 Å². The zero-order chi connectivity index (χ0) is 13.9. The summed E-state index contributed by atoms with van der Waals surface area (Å²) in [4.78, 5) is 2.47. The number of hydrogen-bond donors (Lipinski definition) is 1. The van der Waals surface area contributed by atoms with Gasteiger partial charge >= 0.3 is 0 Å². The molecule has 4 nitrogen and oxygen atoms in total. The number of aryl methyl sites for hydroxylation is 1.